The number of H-pyrrole nitrogens is 1. The van der Waals surface area contributed by atoms with Gasteiger partial charge >= 0.3 is 0 Å². The fourth-order valence-electron chi connectivity index (χ4n) is 3.38. The van der Waals surface area contributed by atoms with E-state index in [1.165, 1.54) is 38.0 Å². The first-order valence-electron chi connectivity index (χ1n) is 8.40. The molecular weight excluding hydrogens is 272 g/mol. The number of nitrogens with zero attached hydrogens (tertiary/aromatic N) is 2. The largest absolute Gasteiger partial charge is 0.341 e. The van der Waals surface area contributed by atoms with Crippen molar-refractivity contribution in [2.75, 3.05) is 26.2 Å². The van der Waals surface area contributed by atoms with E-state index >= 15 is 0 Å². The van der Waals surface area contributed by atoms with Gasteiger partial charge in [-0.15, -0.1) is 0 Å². The first kappa shape index (κ1) is 15.5. The average Bonchev–Trinajstić information content (AvgIpc) is 3.06. The van der Waals surface area contributed by atoms with E-state index in [9.17, 15) is 0 Å². The van der Waals surface area contributed by atoms with Gasteiger partial charge in [0.15, 0.2) is 0 Å². The molecule has 0 aliphatic carbocycles. The number of rotatable bonds is 6. The summed E-state index contributed by atoms with van der Waals surface area (Å²) in [7, 11) is 0. The predicted molar refractivity (Wildman–Crippen MR) is 92.0 cm³/mol. The first-order valence-corrected chi connectivity index (χ1v) is 8.40. The molecule has 0 spiro atoms. The molecule has 1 aliphatic rings. The van der Waals surface area contributed by atoms with E-state index in [2.05, 4.69) is 59.2 Å². The average molecular weight is 300 g/mol. The van der Waals surface area contributed by atoms with Gasteiger partial charge in [0.05, 0.1) is 17.6 Å². The Labute approximate surface area is 133 Å². The number of aromatic amines is 1. The summed E-state index contributed by atoms with van der Waals surface area (Å²) in [6, 6.07) is 6.35. The molecule has 1 aliphatic heterocycles. The van der Waals surface area contributed by atoms with Crippen LogP contribution in [0.2, 0.25) is 0 Å². The minimum atomic E-state index is 0.299. The summed E-state index contributed by atoms with van der Waals surface area (Å²) < 4.78 is 0. The van der Waals surface area contributed by atoms with Crippen molar-refractivity contribution in [1.29, 1.82) is 0 Å². The molecule has 0 radical (unpaired) electrons. The van der Waals surface area contributed by atoms with Crippen LogP contribution in [-0.4, -0.2) is 41.0 Å². The molecule has 4 heteroatoms. The number of aromatic nitrogens is 2. The van der Waals surface area contributed by atoms with Gasteiger partial charge in [0.25, 0.3) is 0 Å². The summed E-state index contributed by atoms with van der Waals surface area (Å²) >= 11 is 0. The topological polar surface area (TPSA) is 44.0 Å². The number of benzene rings is 1. The number of fused-ring (bicyclic) bond motifs is 1. The molecule has 3 rings (SSSR count). The van der Waals surface area contributed by atoms with Gasteiger partial charge in [0.1, 0.15) is 5.82 Å². The summed E-state index contributed by atoms with van der Waals surface area (Å²) in [5.41, 5.74) is 3.75. The molecule has 2 N–H and O–H groups in total. The lowest BCUT2D eigenvalue weighted by atomic mass is 9.93. The highest BCUT2D eigenvalue weighted by molar-refractivity contribution is 5.75. The fourth-order valence-corrected chi connectivity index (χ4v) is 3.38. The minimum absolute atomic E-state index is 0.299. The van der Waals surface area contributed by atoms with Crippen molar-refractivity contribution in [1.82, 2.24) is 20.2 Å². The molecule has 0 amide bonds. The molecule has 4 nitrogen and oxygen atoms in total. The third-order valence-corrected chi connectivity index (χ3v) is 4.43. The van der Waals surface area contributed by atoms with Crippen LogP contribution in [0.25, 0.3) is 11.0 Å². The Bertz CT molecular complexity index is 623. The van der Waals surface area contributed by atoms with E-state index in [0.29, 0.717) is 5.41 Å². The van der Waals surface area contributed by atoms with Crippen LogP contribution in [0.5, 0.6) is 0 Å². The second-order valence-electron chi connectivity index (χ2n) is 7.46. The lowest BCUT2D eigenvalue weighted by molar-refractivity contribution is 0.203. The van der Waals surface area contributed by atoms with Crippen LogP contribution in [0.1, 0.15) is 38.1 Å². The van der Waals surface area contributed by atoms with Gasteiger partial charge in [-0.1, -0.05) is 19.9 Å². The normalized spacial score (nSPS) is 16.7. The van der Waals surface area contributed by atoms with Crippen molar-refractivity contribution in [3.63, 3.8) is 0 Å². The second-order valence-corrected chi connectivity index (χ2v) is 7.46. The Kier molecular flexibility index (Phi) is 4.50. The number of hydrogen-bond acceptors (Lipinski definition) is 3. The van der Waals surface area contributed by atoms with Gasteiger partial charge in [-0.2, -0.15) is 0 Å². The van der Waals surface area contributed by atoms with Crippen molar-refractivity contribution < 1.29 is 0 Å². The maximum Gasteiger partial charge on any atom is 0.121 e. The van der Waals surface area contributed by atoms with Gasteiger partial charge < -0.3 is 15.2 Å². The van der Waals surface area contributed by atoms with Crippen molar-refractivity contribution in [2.45, 2.75) is 40.2 Å². The van der Waals surface area contributed by atoms with E-state index in [0.717, 1.165) is 29.9 Å². The van der Waals surface area contributed by atoms with E-state index in [4.69, 9.17) is 0 Å². The Hall–Kier alpha value is -1.39. The molecule has 1 aromatic heterocycles. The molecule has 0 bridgehead atoms. The monoisotopic (exact) mass is 300 g/mol. The molecule has 22 heavy (non-hydrogen) atoms. The maximum atomic E-state index is 4.65. The number of imidazole rings is 1. The molecule has 1 aromatic carbocycles. The van der Waals surface area contributed by atoms with Crippen LogP contribution >= 0.6 is 0 Å². The van der Waals surface area contributed by atoms with Gasteiger partial charge in [-0.3, -0.25) is 0 Å². The standard InChI is InChI=1S/C18H28N4/c1-14-6-7-15-16(10-14)21-17(20-15)11-19-12-18(2,3)13-22-8-4-5-9-22/h6-7,10,19H,4-5,8-9,11-13H2,1-3H3,(H,20,21). The quantitative estimate of drug-likeness (QED) is 0.861. The molecule has 0 unspecified atom stereocenters. The Morgan fingerprint density at radius 2 is 2.05 bits per heavy atom. The maximum absolute atomic E-state index is 4.65. The SMILES string of the molecule is Cc1ccc2nc(CNCC(C)(C)CN3CCCC3)[nH]c2c1. The lowest BCUT2D eigenvalue weighted by Crippen LogP contribution is -2.39. The molecule has 2 heterocycles. The third kappa shape index (κ3) is 3.87. The molecule has 2 aromatic rings. The highest BCUT2D eigenvalue weighted by Crippen LogP contribution is 2.19. The highest BCUT2D eigenvalue weighted by Gasteiger charge is 2.23. The van der Waals surface area contributed by atoms with Gasteiger partial charge in [-0.05, 0) is 56.0 Å². The van der Waals surface area contributed by atoms with Gasteiger partial charge in [0, 0.05) is 13.1 Å². The number of hydrogen-bond donors (Lipinski definition) is 2. The van der Waals surface area contributed by atoms with Crippen molar-refractivity contribution >= 4 is 11.0 Å². The zero-order chi connectivity index (χ0) is 15.6. The first-order chi connectivity index (χ1) is 10.5. The Morgan fingerprint density at radius 1 is 1.27 bits per heavy atom. The fraction of sp³-hybridized carbons (Fsp3) is 0.611. The molecule has 1 saturated heterocycles. The number of likely N-dealkylation sites (tertiary alicyclic amines) is 1. The lowest BCUT2D eigenvalue weighted by Gasteiger charge is -2.30. The number of aryl methyl sites for hydroxylation is 1. The van der Waals surface area contributed by atoms with Crippen LogP contribution in [0.4, 0.5) is 0 Å². The van der Waals surface area contributed by atoms with Crippen LogP contribution < -0.4 is 5.32 Å². The van der Waals surface area contributed by atoms with Crippen LogP contribution in [0.3, 0.4) is 0 Å². The summed E-state index contributed by atoms with van der Waals surface area (Å²) in [6.07, 6.45) is 2.73. The zero-order valence-corrected chi connectivity index (χ0v) is 14.1. The summed E-state index contributed by atoms with van der Waals surface area (Å²) in [4.78, 5) is 10.6. The van der Waals surface area contributed by atoms with Crippen LogP contribution in [-0.2, 0) is 6.54 Å². The molecular formula is C18H28N4. The van der Waals surface area contributed by atoms with E-state index in [-0.39, 0.29) is 0 Å². The minimum Gasteiger partial charge on any atom is -0.341 e. The molecule has 0 saturated carbocycles. The van der Waals surface area contributed by atoms with Crippen molar-refractivity contribution in [3.05, 3.63) is 29.6 Å². The Balaban J connectivity index is 1.52. The van der Waals surface area contributed by atoms with Crippen LogP contribution in [0, 0.1) is 12.3 Å². The predicted octanol–water partition coefficient (Wildman–Crippen LogP) is 3.08. The van der Waals surface area contributed by atoms with E-state index in [1.54, 1.807) is 0 Å². The summed E-state index contributed by atoms with van der Waals surface area (Å²) in [6.45, 7) is 12.3. The molecule has 120 valence electrons. The second kappa shape index (κ2) is 6.39. The smallest absolute Gasteiger partial charge is 0.121 e. The van der Waals surface area contributed by atoms with E-state index in [1.807, 2.05) is 0 Å². The molecule has 1 fully saturated rings. The molecule has 0 atom stereocenters. The summed E-state index contributed by atoms with van der Waals surface area (Å²) in [5.74, 6) is 1.03. The zero-order valence-electron chi connectivity index (χ0n) is 14.1. The van der Waals surface area contributed by atoms with E-state index < -0.39 is 0 Å². The van der Waals surface area contributed by atoms with Crippen molar-refractivity contribution in [3.8, 4) is 0 Å². The van der Waals surface area contributed by atoms with Gasteiger partial charge in [0.2, 0.25) is 0 Å². The Morgan fingerprint density at radius 3 is 2.82 bits per heavy atom. The van der Waals surface area contributed by atoms with Gasteiger partial charge in [-0.25, -0.2) is 4.98 Å². The van der Waals surface area contributed by atoms with Crippen LogP contribution in [0.15, 0.2) is 18.2 Å². The third-order valence-electron chi connectivity index (χ3n) is 4.43. The van der Waals surface area contributed by atoms with Crippen molar-refractivity contribution in [2.24, 2.45) is 5.41 Å². The summed E-state index contributed by atoms with van der Waals surface area (Å²) in [5, 5.41) is 3.57. The number of nitrogens with one attached hydrogen (secondary N) is 2. The highest BCUT2D eigenvalue weighted by atomic mass is 15.1.